The summed E-state index contributed by atoms with van der Waals surface area (Å²) in [6.07, 6.45) is 6.49. The van der Waals surface area contributed by atoms with Gasteiger partial charge in [-0.25, -0.2) is 0 Å². The summed E-state index contributed by atoms with van der Waals surface area (Å²) >= 11 is 1.34. The van der Waals surface area contributed by atoms with Gasteiger partial charge in [-0.15, -0.1) is 10.2 Å². The van der Waals surface area contributed by atoms with E-state index >= 15 is 0 Å². The van der Waals surface area contributed by atoms with Crippen LogP contribution in [-0.2, 0) is 9.59 Å². The van der Waals surface area contributed by atoms with E-state index in [1.165, 1.54) is 11.8 Å². The summed E-state index contributed by atoms with van der Waals surface area (Å²) in [4.78, 5) is 28.1. The van der Waals surface area contributed by atoms with Crippen molar-refractivity contribution in [1.82, 2.24) is 30.4 Å². The maximum atomic E-state index is 12.2. The highest BCUT2D eigenvalue weighted by molar-refractivity contribution is 7.99. The first-order valence-corrected chi connectivity index (χ1v) is 10.1. The van der Waals surface area contributed by atoms with Gasteiger partial charge in [-0.3, -0.25) is 19.1 Å². The fourth-order valence-corrected chi connectivity index (χ4v) is 3.43. The van der Waals surface area contributed by atoms with Gasteiger partial charge >= 0.3 is 0 Å². The predicted molar refractivity (Wildman–Crippen MR) is 103 cm³/mol. The summed E-state index contributed by atoms with van der Waals surface area (Å²) in [5, 5.41) is 14.8. The standard InChI is InChI=1S/C18H24N6O2S/c1-3-8-20-17(26)12(2)21-15(25)11-27-18-23-22-16(24(18)14-4-5-14)13-6-9-19-10-7-13/h6-7,9-10,12,14H,3-5,8,11H2,1-2H3,(H,20,26)(H,21,25). The Bertz CT molecular complexity index is 790. The number of pyridine rings is 1. The van der Waals surface area contributed by atoms with Gasteiger partial charge in [0.2, 0.25) is 11.8 Å². The molecule has 144 valence electrons. The number of hydrogen-bond acceptors (Lipinski definition) is 6. The van der Waals surface area contributed by atoms with Crippen LogP contribution >= 0.6 is 11.8 Å². The van der Waals surface area contributed by atoms with Crippen LogP contribution in [0.3, 0.4) is 0 Å². The molecule has 2 N–H and O–H groups in total. The molecule has 0 saturated heterocycles. The SMILES string of the molecule is CCCNC(=O)C(C)NC(=O)CSc1nnc(-c2ccncc2)n1C1CC1. The summed E-state index contributed by atoms with van der Waals surface area (Å²) < 4.78 is 2.10. The lowest BCUT2D eigenvalue weighted by Crippen LogP contribution is -2.45. The van der Waals surface area contributed by atoms with E-state index in [0.717, 1.165) is 35.8 Å². The van der Waals surface area contributed by atoms with E-state index in [2.05, 4.69) is 30.4 Å². The molecule has 27 heavy (non-hydrogen) atoms. The summed E-state index contributed by atoms with van der Waals surface area (Å²) in [5.74, 6) is 0.619. The molecule has 8 nitrogen and oxygen atoms in total. The van der Waals surface area contributed by atoms with Crippen LogP contribution in [0.1, 0.15) is 39.2 Å². The molecule has 0 radical (unpaired) electrons. The zero-order valence-electron chi connectivity index (χ0n) is 15.5. The van der Waals surface area contributed by atoms with E-state index in [1.807, 2.05) is 19.1 Å². The molecule has 1 aliphatic carbocycles. The Morgan fingerprint density at radius 2 is 2.04 bits per heavy atom. The van der Waals surface area contributed by atoms with Gasteiger partial charge in [0.1, 0.15) is 6.04 Å². The molecule has 2 amide bonds. The molecule has 2 aromatic rings. The van der Waals surface area contributed by atoms with E-state index in [1.54, 1.807) is 19.3 Å². The van der Waals surface area contributed by atoms with Gasteiger partial charge in [0.15, 0.2) is 11.0 Å². The third-order valence-corrected chi connectivity index (χ3v) is 5.11. The molecule has 2 aromatic heterocycles. The molecule has 0 aliphatic heterocycles. The maximum Gasteiger partial charge on any atom is 0.242 e. The average Bonchev–Trinajstić information content (AvgIpc) is 3.43. The second-order valence-electron chi connectivity index (χ2n) is 6.51. The number of rotatable bonds is 9. The second kappa shape index (κ2) is 8.98. The van der Waals surface area contributed by atoms with Gasteiger partial charge in [0.25, 0.3) is 0 Å². The van der Waals surface area contributed by atoms with Gasteiger partial charge < -0.3 is 10.6 Å². The maximum absolute atomic E-state index is 12.2. The highest BCUT2D eigenvalue weighted by Crippen LogP contribution is 2.40. The number of thioether (sulfide) groups is 1. The van der Waals surface area contributed by atoms with Gasteiger partial charge in [-0.2, -0.15) is 0 Å². The van der Waals surface area contributed by atoms with E-state index in [4.69, 9.17) is 0 Å². The van der Waals surface area contributed by atoms with Crippen molar-refractivity contribution in [2.24, 2.45) is 0 Å². The van der Waals surface area contributed by atoms with Crippen molar-refractivity contribution in [3.63, 3.8) is 0 Å². The van der Waals surface area contributed by atoms with Crippen LogP contribution < -0.4 is 10.6 Å². The molecule has 1 unspecified atom stereocenters. The van der Waals surface area contributed by atoms with Crippen molar-refractivity contribution >= 4 is 23.6 Å². The highest BCUT2D eigenvalue weighted by Gasteiger charge is 2.30. The first-order valence-electron chi connectivity index (χ1n) is 9.15. The normalized spacial score (nSPS) is 14.6. The lowest BCUT2D eigenvalue weighted by molar-refractivity contribution is -0.127. The quantitative estimate of drug-likeness (QED) is 0.635. The number of nitrogens with one attached hydrogen (secondary N) is 2. The minimum Gasteiger partial charge on any atom is -0.354 e. The zero-order valence-corrected chi connectivity index (χ0v) is 16.3. The molecule has 1 saturated carbocycles. The molecule has 1 fully saturated rings. The molecule has 1 atom stereocenters. The minimum absolute atomic E-state index is 0.170. The number of hydrogen-bond donors (Lipinski definition) is 2. The molecule has 0 bridgehead atoms. The molecule has 2 heterocycles. The van der Waals surface area contributed by atoms with E-state index < -0.39 is 6.04 Å². The third kappa shape index (κ3) is 5.06. The number of nitrogens with zero attached hydrogens (tertiary/aromatic N) is 4. The van der Waals surface area contributed by atoms with Crippen molar-refractivity contribution in [3.8, 4) is 11.4 Å². The van der Waals surface area contributed by atoms with Gasteiger partial charge in [-0.05, 0) is 38.3 Å². The van der Waals surface area contributed by atoms with Crippen LogP contribution in [0, 0.1) is 0 Å². The molecule has 0 aromatic carbocycles. The zero-order chi connectivity index (χ0) is 19.2. The largest absolute Gasteiger partial charge is 0.354 e. The van der Waals surface area contributed by atoms with Gasteiger partial charge in [0, 0.05) is 30.5 Å². The Kier molecular flexibility index (Phi) is 6.44. The highest BCUT2D eigenvalue weighted by atomic mass is 32.2. The first kappa shape index (κ1) is 19.3. The van der Waals surface area contributed by atoms with Crippen LogP contribution in [0.25, 0.3) is 11.4 Å². The van der Waals surface area contributed by atoms with Crippen LogP contribution in [-0.4, -0.2) is 49.9 Å². The summed E-state index contributed by atoms with van der Waals surface area (Å²) in [5.41, 5.74) is 0.960. The Balaban J connectivity index is 1.61. The average molecular weight is 388 g/mol. The fraction of sp³-hybridized carbons (Fsp3) is 0.500. The van der Waals surface area contributed by atoms with Crippen LogP contribution in [0.4, 0.5) is 0 Å². The monoisotopic (exact) mass is 388 g/mol. The number of aromatic nitrogens is 4. The molecular formula is C18H24N6O2S. The molecular weight excluding hydrogens is 364 g/mol. The Hall–Kier alpha value is -2.42. The number of carbonyl (C=O) groups excluding carboxylic acids is 2. The van der Waals surface area contributed by atoms with E-state index in [9.17, 15) is 9.59 Å². The van der Waals surface area contributed by atoms with E-state index in [-0.39, 0.29) is 17.6 Å². The lowest BCUT2D eigenvalue weighted by Gasteiger charge is -2.13. The fourth-order valence-electron chi connectivity index (χ4n) is 2.62. The molecule has 1 aliphatic rings. The van der Waals surface area contributed by atoms with Crippen molar-refractivity contribution in [3.05, 3.63) is 24.5 Å². The van der Waals surface area contributed by atoms with Crippen molar-refractivity contribution < 1.29 is 9.59 Å². The summed E-state index contributed by atoms with van der Waals surface area (Å²) in [7, 11) is 0. The second-order valence-corrected chi connectivity index (χ2v) is 7.45. The Labute approximate surface area is 162 Å². The van der Waals surface area contributed by atoms with Crippen molar-refractivity contribution in [2.45, 2.75) is 50.4 Å². The Morgan fingerprint density at radius 3 is 2.70 bits per heavy atom. The Morgan fingerprint density at radius 1 is 1.30 bits per heavy atom. The minimum atomic E-state index is -0.557. The first-order chi connectivity index (χ1) is 13.1. The topological polar surface area (TPSA) is 102 Å². The van der Waals surface area contributed by atoms with Crippen molar-refractivity contribution in [1.29, 1.82) is 0 Å². The molecule has 9 heteroatoms. The smallest absolute Gasteiger partial charge is 0.242 e. The van der Waals surface area contributed by atoms with Crippen LogP contribution in [0.2, 0.25) is 0 Å². The molecule has 0 spiro atoms. The number of amides is 2. The van der Waals surface area contributed by atoms with Gasteiger partial charge in [0.05, 0.1) is 5.75 Å². The third-order valence-electron chi connectivity index (χ3n) is 4.17. The van der Waals surface area contributed by atoms with Gasteiger partial charge in [-0.1, -0.05) is 18.7 Å². The summed E-state index contributed by atoms with van der Waals surface area (Å²) in [6, 6.07) is 3.63. The van der Waals surface area contributed by atoms with Crippen LogP contribution in [0.5, 0.6) is 0 Å². The predicted octanol–water partition coefficient (Wildman–Crippen LogP) is 1.80. The lowest BCUT2D eigenvalue weighted by atomic mass is 10.2. The molecule has 3 rings (SSSR count). The van der Waals surface area contributed by atoms with Crippen LogP contribution in [0.15, 0.2) is 29.7 Å². The van der Waals surface area contributed by atoms with Crippen molar-refractivity contribution in [2.75, 3.05) is 12.3 Å². The van der Waals surface area contributed by atoms with E-state index in [0.29, 0.717) is 12.6 Å². The summed E-state index contributed by atoms with van der Waals surface area (Å²) in [6.45, 7) is 4.27. The number of carbonyl (C=O) groups is 2.